The minimum absolute atomic E-state index is 0. The molecule has 4 N–H and O–H groups in total. The Morgan fingerprint density at radius 2 is 0.872 bits per heavy atom. The molecule has 0 atom stereocenters. The number of phenols is 2. The van der Waals surface area contributed by atoms with E-state index < -0.39 is 0 Å². The summed E-state index contributed by atoms with van der Waals surface area (Å²) >= 11 is 0. The molecule has 39 heavy (non-hydrogen) atoms. The van der Waals surface area contributed by atoms with Crippen LogP contribution in [0.1, 0.15) is 12.8 Å². The maximum Gasteiger partial charge on any atom is 2.00 e. The van der Waals surface area contributed by atoms with Gasteiger partial charge in [-0.1, -0.05) is 48.5 Å². The summed E-state index contributed by atoms with van der Waals surface area (Å²) < 4.78 is 0. The zero-order valence-corrected chi connectivity index (χ0v) is 24.1. The van der Waals surface area contributed by atoms with Crippen LogP contribution in [0.5, 0.6) is 11.5 Å². The van der Waals surface area contributed by atoms with E-state index in [1.165, 1.54) is 0 Å². The molecule has 0 saturated heterocycles. The van der Waals surface area contributed by atoms with Gasteiger partial charge in [0.05, 0.1) is 0 Å². The number of hydrogen-bond donors (Lipinski definition) is 4. The molecule has 2 aliphatic rings. The van der Waals surface area contributed by atoms with Gasteiger partial charge < -0.3 is 20.8 Å². The molecule has 194 valence electrons. The second-order valence-electron chi connectivity index (χ2n) is 8.09. The number of aromatic hydroxyl groups is 2. The molecule has 0 fully saturated rings. The molecule has 4 nitrogen and oxygen atoms in total. The van der Waals surface area contributed by atoms with Crippen LogP contribution < -0.4 is 10.6 Å². The second-order valence-corrected chi connectivity index (χ2v) is 8.09. The zero-order valence-electron chi connectivity index (χ0n) is 21.7. The third-order valence-corrected chi connectivity index (χ3v) is 4.99. The van der Waals surface area contributed by atoms with E-state index >= 15 is 0 Å². The number of hydrogen-bond acceptors (Lipinski definition) is 4. The SMILES string of the molecule is Oc1cccc(Nc2ccccc2)c1.Oc1cccc(Nc2ccccc2)c1.[C-]1=CC=CC1.[C-]1=CC=CC1.[Zr+2]. The Bertz CT molecular complexity index is 1210. The number of phenolic OH excluding ortho intramolecular Hbond substituents is 2. The van der Waals surface area contributed by atoms with Gasteiger partial charge in [0.25, 0.3) is 0 Å². The minimum atomic E-state index is 0. The van der Waals surface area contributed by atoms with Crippen molar-refractivity contribution in [1.29, 1.82) is 0 Å². The van der Waals surface area contributed by atoms with Crippen LogP contribution in [0.2, 0.25) is 0 Å². The molecule has 0 aliphatic heterocycles. The number of para-hydroxylation sites is 2. The standard InChI is InChI=1S/2C12H11NO.2C5H5.Zr/c2*14-12-8-4-7-11(9-12)13-10-5-2-1-3-6-10;2*1-2-4-5-3-1;/h2*1-9,13-14H;2*1-3H,4H2;/q;;2*-1;+2. The van der Waals surface area contributed by atoms with E-state index in [1.807, 2.05) is 97.1 Å². The summed E-state index contributed by atoms with van der Waals surface area (Å²) in [6, 6.07) is 33.8. The van der Waals surface area contributed by atoms with E-state index in [1.54, 1.807) is 36.4 Å². The van der Waals surface area contributed by atoms with Gasteiger partial charge in [0.15, 0.2) is 0 Å². The predicted molar refractivity (Wildman–Crippen MR) is 159 cm³/mol. The largest absolute Gasteiger partial charge is 2.00 e. The third-order valence-electron chi connectivity index (χ3n) is 4.99. The summed E-state index contributed by atoms with van der Waals surface area (Å²) in [4.78, 5) is 0. The molecular formula is C34H32N2O2Zr. The van der Waals surface area contributed by atoms with Crippen molar-refractivity contribution in [2.75, 3.05) is 10.6 Å². The van der Waals surface area contributed by atoms with Gasteiger partial charge in [0.1, 0.15) is 11.5 Å². The van der Waals surface area contributed by atoms with Crippen LogP contribution in [0.4, 0.5) is 22.7 Å². The molecule has 0 saturated carbocycles. The summed E-state index contributed by atoms with van der Waals surface area (Å²) in [7, 11) is 0. The third kappa shape index (κ3) is 13.9. The van der Waals surface area contributed by atoms with Crippen molar-refractivity contribution in [1.82, 2.24) is 0 Å². The first-order valence-electron chi connectivity index (χ1n) is 12.3. The van der Waals surface area contributed by atoms with E-state index in [0.717, 1.165) is 35.6 Å². The van der Waals surface area contributed by atoms with Crippen LogP contribution in [0.3, 0.4) is 0 Å². The molecule has 0 amide bonds. The molecule has 0 spiro atoms. The number of benzene rings is 4. The summed E-state index contributed by atoms with van der Waals surface area (Å²) in [5.41, 5.74) is 3.80. The first-order valence-corrected chi connectivity index (χ1v) is 12.3. The van der Waals surface area contributed by atoms with Crippen LogP contribution in [0.25, 0.3) is 0 Å². The molecule has 0 bridgehead atoms. The Labute approximate surface area is 250 Å². The van der Waals surface area contributed by atoms with Crippen molar-refractivity contribution in [3.63, 3.8) is 0 Å². The molecule has 0 heterocycles. The number of rotatable bonds is 4. The molecule has 5 heteroatoms. The molecule has 6 rings (SSSR count). The van der Waals surface area contributed by atoms with Crippen LogP contribution >= 0.6 is 0 Å². The van der Waals surface area contributed by atoms with E-state index in [9.17, 15) is 10.2 Å². The van der Waals surface area contributed by atoms with Crippen LogP contribution in [0.15, 0.2) is 146 Å². The maximum absolute atomic E-state index is 9.25. The Morgan fingerprint density at radius 1 is 0.487 bits per heavy atom. The first kappa shape index (κ1) is 31.1. The van der Waals surface area contributed by atoms with Gasteiger partial charge in [-0.05, 0) is 48.5 Å². The molecular weight excluding hydrogens is 560 g/mol. The zero-order chi connectivity index (χ0) is 26.7. The van der Waals surface area contributed by atoms with Gasteiger partial charge in [-0.2, -0.15) is 12.2 Å². The van der Waals surface area contributed by atoms with Crippen molar-refractivity contribution < 1.29 is 36.4 Å². The Morgan fingerprint density at radius 3 is 1.15 bits per heavy atom. The summed E-state index contributed by atoms with van der Waals surface area (Å²) in [5, 5.41) is 24.9. The first-order chi connectivity index (χ1) is 18.7. The second kappa shape index (κ2) is 19.1. The summed E-state index contributed by atoms with van der Waals surface area (Å²) in [6.45, 7) is 0. The fourth-order valence-corrected chi connectivity index (χ4v) is 3.22. The van der Waals surface area contributed by atoms with Crippen LogP contribution in [0, 0.1) is 12.2 Å². The van der Waals surface area contributed by atoms with Gasteiger partial charge >= 0.3 is 26.2 Å². The number of anilines is 4. The molecule has 4 aromatic rings. The van der Waals surface area contributed by atoms with Gasteiger partial charge in [-0.25, -0.2) is 24.3 Å². The van der Waals surface area contributed by atoms with Crippen molar-refractivity contribution in [2.24, 2.45) is 0 Å². The molecule has 4 aromatic carbocycles. The van der Waals surface area contributed by atoms with E-state index in [2.05, 4.69) is 34.9 Å². The Hall–Kier alpha value is -4.08. The minimum Gasteiger partial charge on any atom is -0.508 e. The smallest absolute Gasteiger partial charge is 0.508 e. The van der Waals surface area contributed by atoms with Gasteiger partial charge in [-0.15, -0.1) is 12.8 Å². The average Bonchev–Trinajstić information content (AvgIpc) is 3.71. The Balaban J connectivity index is 0.000000199. The molecule has 0 unspecified atom stereocenters. The fourth-order valence-electron chi connectivity index (χ4n) is 3.22. The van der Waals surface area contributed by atoms with Crippen molar-refractivity contribution in [3.05, 3.63) is 158 Å². The van der Waals surface area contributed by atoms with Gasteiger partial charge in [0, 0.05) is 34.9 Å². The predicted octanol–water partition coefficient (Wildman–Crippen LogP) is 8.88. The summed E-state index contributed by atoms with van der Waals surface area (Å²) in [5.74, 6) is 0.539. The molecule has 0 radical (unpaired) electrons. The van der Waals surface area contributed by atoms with Crippen molar-refractivity contribution >= 4 is 22.7 Å². The topological polar surface area (TPSA) is 64.5 Å². The van der Waals surface area contributed by atoms with Crippen LogP contribution in [-0.4, -0.2) is 10.2 Å². The van der Waals surface area contributed by atoms with Gasteiger partial charge in [-0.3, -0.25) is 12.2 Å². The number of nitrogens with one attached hydrogen (secondary N) is 2. The summed E-state index contributed by atoms with van der Waals surface area (Å²) in [6.07, 6.45) is 20.0. The van der Waals surface area contributed by atoms with E-state index in [0.29, 0.717) is 0 Å². The van der Waals surface area contributed by atoms with E-state index in [4.69, 9.17) is 0 Å². The average molecular weight is 592 g/mol. The van der Waals surface area contributed by atoms with Crippen molar-refractivity contribution in [3.8, 4) is 11.5 Å². The van der Waals surface area contributed by atoms with Crippen LogP contribution in [-0.2, 0) is 26.2 Å². The normalized spacial score (nSPS) is 11.5. The molecule has 2 aliphatic carbocycles. The van der Waals surface area contributed by atoms with Gasteiger partial charge in [0.2, 0.25) is 0 Å². The monoisotopic (exact) mass is 590 g/mol. The van der Waals surface area contributed by atoms with E-state index in [-0.39, 0.29) is 37.7 Å². The quantitative estimate of drug-likeness (QED) is 0.179. The van der Waals surface area contributed by atoms with Crippen molar-refractivity contribution in [2.45, 2.75) is 12.8 Å². The maximum atomic E-state index is 9.25. The Kier molecular flexibility index (Phi) is 15.2. The molecule has 0 aromatic heterocycles. The fraction of sp³-hybridized carbons (Fsp3) is 0.0588. The number of allylic oxidation sites excluding steroid dienone is 8.